The number of anilines is 1. The van der Waals surface area contributed by atoms with Crippen LogP contribution in [0.5, 0.6) is 0 Å². The van der Waals surface area contributed by atoms with E-state index in [0.29, 0.717) is 12.0 Å². The third kappa shape index (κ3) is 1.89. The predicted molar refractivity (Wildman–Crippen MR) is 60.0 cm³/mol. The molecular formula is C11H17N3O. The van der Waals surface area contributed by atoms with Crippen molar-refractivity contribution in [3.8, 4) is 0 Å². The zero-order chi connectivity index (χ0) is 10.8. The van der Waals surface area contributed by atoms with Crippen LogP contribution >= 0.6 is 0 Å². The van der Waals surface area contributed by atoms with E-state index >= 15 is 0 Å². The Morgan fingerprint density at radius 1 is 1.60 bits per heavy atom. The normalized spacial score (nSPS) is 25.2. The van der Waals surface area contributed by atoms with Gasteiger partial charge in [-0.1, -0.05) is 13.8 Å². The monoisotopic (exact) mass is 207 g/mol. The molecule has 0 amide bonds. The first-order valence-corrected chi connectivity index (χ1v) is 5.55. The van der Waals surface area contributed by atoms with Crippen molar-refractivity contribution in [2.24, 2.45) is 5.92 Å². The van der Waals surface area contributed by atoms with Gasteiger partial charge in [0, 0.05) is 6.04 Å². The van der Waals surface area contributed by atoms with Gasteiger partial charge in [-0.05, 0) is 25.2 Å². The first kappa shape index (κ1) is 10.2. The van der Waals surface area contributed by atoms with E-state index in [1.807, 2.05) is 0 Å². The number of nitrogens with one attached hydrogen (secondary N) is 2. The molecule has 0 saturated heterocycles. The Morgan fingerprint density at radius 2 is 2.40 bits per heavy atom. The number of nitrogens with zero attached hydrogens (tertiary/aromatic N) is 1. The molecule has 1 aromatic heterocycles. The fourth-order valence-electron chi connectivity index (χ4n) is 2.18. The van der Waals surface area contributed by atoms with Crippen molar-refractivity contribution in [3.63, 3.8) is 0 Å². The van der Waals surface area contributed by atoms with Crippen molar-refractivity contribution in [1.82, 2.24) is 9.97 Å². The molecule has 1 aliphatic rings. The summed E-state index contributed by atoms with van der Waals surface area (Å²) in [7, 11) is 0. The van der Waals surface area contributed by atoms with Crippen molar-refractivity contribution in [2.75, 3.05) is 5.32 Å². The summed E-state index contributed by atoms with van der Waals surface area (Å²) in [6, 6.07) is 0.431. The van der Waals surface area contributed by atoms with Gasteiger partial charge in [0.1, 0.15) is 5.82 Å². The number of rotatable bonds is 1. The Bertz CT molecular complexity index is 399. The van der Waals surface area contributed by atoms with E-state index in [4.69, 9.17) is 0 Å². The summed E-state index contributed by atoms with van der Waals surface area (Å²) in [6.07, 6.45) is 4.41. The van der Waals surface area contributed by atoms with Crippen molar-refractivity contribution >= 4 is 5.82 Å². The first-order chi connectivity index (χ1) is 7.22. The highest BCUT2D eigenvalue weighted by Gasteiger charge is 2.22. The zero-order valence-corrected chi connectivity index (χ0v) is 9.21. The van der Waals surface area contributed by atoms with Crippen LogP contribution in [0, 0.1) is 5.92 Å². The Kier molecular flexibility index (Phi) is 2.75. The van der Waals surface area contributed by atoms with Gasteiger partial charge in [0.05, 0.1) is 11.9 Å². The molecule has 0 bridgehead atoms. The van der Waals surface area contributed by atoms with E-state index < -0.39 is 0 Å². The highest BCUT2D eigenvalue weighted by atomic mass is 16.1. The average Bonchev–Trinajstić information content (AvgIpc) is 2.39. The van der Waals surface area contributed by atoms with Gasteiger partial charge in [0.15, 0.2) is 0 Å². The van der Waals surface area contributed by atoms with Gasteiger partial charge in [0.25, 0.3) is 5.56 Å². The van der Waals surface area contributed by atoms with Crippen LogP contribution in [-0.4, -0.2) is 16.0 Å². The fraction of sp³-hybridized carbons (Fsp3) is 0.636. The van der Waals surface area contributed by atoms with Gasteiger partial charge in [-0.25, -0.2) is 4.98 Å². The number of aromatic amines is 1. The number of fused-ring (bicyclic) bond motifs is 1. The number of hydrogen-bond acceptors (Lipinski definition) is 3. The zero-order valence-electron chi connectivity index (χ0n) is 9.21. The quantitative estimate of drug-likeness (QED) is 0.734. The molecule has 2 atom stereocenters. The van der Waals surface area contributed by atoms with E-state index in [2.05, 4.69) is 29.1 Å². The van der Waals surface area contributed by atoms with Crippen LogP contribution < -0.4 is 10.9 Å². The minimum absolute atomic E-state index is 0.00328. The maximum Gasteiger partial charge on any atom is 0.256 e. The predicted octanol–water partition coefficient (Wildman–Crippen LogP) is 1.54. The van der Waals surface area contributed by atoms with Gasteiger partial charge in [-0.15, -0.1) is 0 Å². The summed E-state index contributed by atoms with van der Waals surface area (Å²) in [4.78, 5) is 18.4. The molecule has 4 heteroatoms. The van der Waals surface area contributed by atoms with E-state index in [0.717, 1.165) is 30.6 Å². The third-order valence-corrected chi connectivity index (χ3v) is 3.25. The Morgan fingerprint density at radius 3 is 3.13 bits per heavy atom. The van der Waals surface area contributed by atoms with Gasteiger partial charge in [-0.2, -0.15) is 0 Å². The lowest BCUT2D eigenvalue weighted by atomic mass is 9.95. The van der Waals surface area contributed by atoms with Crippen LogP contribution in [0.2, 0.25) is 0 Å². The van der Waals surface area contributed by atoms with Crippen molar-refractivity contribution in [3.05, 3.63) is 22.2 Å². The number of aromatic nitrogens is 2. The van der Waals surface area contributed by atoms with Crippen LogP contribution in [-0.2, 0) is 6.42 Å². The van der Waals surface area contributed by atoms with Gasteiger partial charge in [-0.3, -0.25) is 4.79 Å². The minimum atomic E-state index is -0.00328. The van der Waals surface area contributed by atoms with Crippen molar-refractivity contribution in [2.45, 2.75) is 39.2 Å². The second kappa shape index (κ2) is 4.04. The summed E-state index contributed by atoms with van der Waals surface area (Å²) in [5, 5.41) is 3.37. The van der Waals surface area contributed by atoms with Crippen LogP contribution in [0.4, 0.5) is 5.82 Å². The van der Waals surface area contributed by atoms with Crippen molar-refractivity contribution in [1.29, 1.82) is 0 Å². The van der Waals surface area contributed by atoms with E-state index in [9.17, 15) is 4.79 Å². The molecule has 2 rings (SSSR count). The van der Waals surface area contributed by atoms with Gasteiger partial charge >= 0.3 is 0 Å². The highest BCUT2D eigenvalue weighted by molar-refractivity contribution is 5.44. The molecule has 1 aromatic rings. The molecule has 2 heterocycles. The number of hydrogen-bond donors (Lipinski definition) is 2. The minimum Gasteiger partial charge on any atom is -0.367 e. The molecule has 4 nitrogen and oxygen atoms in total. The maximum absolute atomic E-state index is 11.6. The number of H-pyrrole nitrogens is 1. The van der Waals surface area contributed by atoms with E-state index in [1.54, 1.807) is 0 Å². The Balaban J connectivity index is 2.38. The lowest BCUT2D eigenvalue weighted by Crippen LogP contribution is -2.26. The fourth-order valence-corrected chi connectivity index (χ4v) is 2.18. The van der Waals surface area contributed by atoms with Crippen LogP contribution in [0.1, 0.15) is 32.3 Å². The Labute approximate surface area is 89.1 Å². The van der Waals surface area contributed by atoms with Crippen molar-refractivity contribution < 1.29 is 0 Å². The summed E-state index contributed by atoms with van der Waals surface area (Å²) in [5.41, 5.74) is 0.803. The van der Waals surface area contributed by atoms with E-state index in [1.165, 1.54) is 6.33 Å². The lowest BCUT2D eigenvalue weighted by Gasteiger charge is -2.21. The topological polar surface area (TPSA) is 57.8 Å². The molecule has 2 N–H and O–H groups in total. The molecule has 1 aliphatic heterocycles. The van der Waals surface area contributed by atoms with Crippen LogP contribution in [0.3, 0.4) is 0 Å². The van der Waals surface area contributed by atoms with Gasteiger partial charge < -0.3 is 10.3 Å². The summed E-state index contributed by atoms with van der Waals surface area (Å²) in [6.45, 7) is 4.38. The van der Waals surface area contributed by atoms with Crippen LogP contribution in [0.25, 0.3) is 0 Å². The summed E-state index contributed by atoms with van der Waals surface area (Å²) >= 11 is 0. The smallest absolute Gasteiger partial charge is 0.256 e. The van der Waals surface area contributed by atoms with Gasteiger partial charge in [0.2, 0.25) is 0 Å². The summed E-state index contributed by atoms with van der Waals surface area (Å²) < 4.78 is 0. The molecule has 0 spiro atoms. The lowest BCUT2D eigenvalue weighted by molar-refractivity contribution is 0.449. The van der Waals surface area contributed by atoms with Crippen LogP contribution in [0.15, 0.2) is 11.1 Å². The standard InChI is InChI=1S/C11H17N3O/c1-3-9-7(2)4-5-8-10(14-9)12-6-13-11(8)15/h6-7,9H,3-5H2,1-2H3,(H2,12,13,14,15). The second-order valence-corrected chi connectivity index (χ2v) is 4.23. The molecule has 0 aromatic carbocycles. The molecule has 0 radical (unpaired) electrons. The van der Waals surface area contributed by atoms with E-state index in [-0.39, 0.29) is 5.56 Å². The molecular weight excluding hydrogens is 190 g/mol. The Hall–Kier alpha value is -1.32. The largest absolute Gasteiger partial charge is 0.367 e. The molecule has 82 valence electrons. The summed E-state index contributed by atoms with van der Waals surface area (Å²) in [5.74, 6) is 1.36. The first-order valence-electron chi connectivity index (χ1n) is 5.55. The third-order valence-electron chi connectivity index (χ3n) is 3.25. The second-order valence-electron chi connectivity index (χ2n) is 4.23. The maximum atomic E-state index is 11.6. The molecule has 2 unspecified atom stereocenters. The SMILES string of the molecule is CCC1Nc2nc[nH]c(=O)c2CCC1C. The average molecular weight is 207 g/mol. The molecule has 0 fully saturated rings. The molecule has 0 saturated carbocycles. The highest BCUT2D eigenvalue weighted by Crippen LogP contribution is 2.24. The molecule has 0 aliphatic carbocycles. The molecule has 15 heavy (non-hydrogen) atoms.